The summed E-state index contributed by atoms with van der Waals surface area (Å²) >= 11 is 6.08. The molecule has 2 aromatic rings. The number of allylic oxidation sites excluding steroid dienone is 1. The molecule has 0 spiro atoms. The van der Waals surface area contributed by atoms with Crippen LogP contribution in [0.2, 0.25) is 5.02 Å². The van der Waals surface area contributed by atoms with Crippen molar-refractivity contribution >= 4 is 11.6 Å². The monoisotopic (exact) mass is 262 g/mol. The maximum atomic E-state index is 12.3. The summed E-state index contributed by atoms with van der Waals surface area (Å²) in [7, 11) is 0. The van der Waals surface area contributed by atoms with Gasteiger partial charge in [-0.25, -0.2) is 4.68 Å². The van der Waals surface area contributed by atoms with Gasteiger partial charge in [-0.2, -0.15) is 0 Å². The quantitative estimate of drug-likeness (QED) is 0.848. The number of nitrogens with zero attached hydrogens (tertiary/aromatic N) is 1. The van der Waals surface area contributed by atoms with E-state index in [1.807, 2.05) is 32.0 Å². The van der Waals surface area contributed by atoms with E-state index in [1.54, 1.807) is 6.08 Å². The van der Waals surface area contributed by atoms with Crippen LogP contribution in [0.1, 0.15) is 16.8 Å². The van der Waals surface area contributed by atoms with E-state index >= 15 is 0 Å². The molecular formula is C14H15ClN2O. The molecule has 0 saturated carbocycles. The zero-order valence-corrected chi connectivity index (χ0v) is 11.2. The Morgan fingerprint density at radius 2 is 2.17 bits per heavy atom. The van der Waals surface area contributed by atoms with E-state index in [-0.39, 0.29) is 5.56 Å². The zero-order chi connectivity index (χ0) is 13.3. The highest BCUT2D eigenvalue weighted by Gasteiger charge is 2.13. The third-order valence-electron chi connectivity index (χ3n) is 3.02. The topological polar surface area (TPSA) is 37.8 Å². The molecule has 0 aliphatic carbocycles. The van der Waals surface area contributed by atoms with Crippen molar-refractivity contribution in [2.24, 2.45) is 0 Å². The molecule has 1 N–H and O–H groups in total. The number of aromatic nitrogens is 2. The van der Waals surface area contributed by atoms with Gasteiger partial charge in [-0.1, -0.05) is 23.7 Å². The summed E-state index contributed by atoms with van der Waals surface area (Å²) in [4.78, 5) is 12.3. The second-order valence-electron chi connectivity index (χ2n) is 4.23. The second-order valence-corrected chi connectivity index (χ2v) is 4.64. The van der Waals surface area contributed by atoms with Gasteiger partial charge < -0.3 is 0 Å². The highest BCUT2D eigenvalue weighted by Crippen LogP contribution is 2.21. The first-order valence-corrected chi connectivity index (χ1v) is 6.11. The molecule has 0 unspecified atom stereocenters. The molecule has 94 valence electrons. The normalized spacial score (nSPS) is 10.6. The van der Waals surface area contributed by atoms with Crippen molar-refractivity contribution in [3.8, 4) is 5.69 Å². The van der Waals surface area contributed by atoms with E-state index in [0.717, 1.165) is 22.5 Å². The van der Waals surface area contributed by atoms with Gasteiger partial charge in [0.05, 0.1) is 5.69 Å². The second kappa shape index (κ2) is 4.86. The summed E-state index contributed by atoms with van der Waals surface area (Å²) in [5.74, 6) is 0. The summed E-state index contributed by atoms with van der Waals surface area (Å²) in [5, 5.41) is 3.73. The van der Waals surface area contributed by atoms with Crippen LogP contribution in [-0.4, -0.2) is 9.78 Å². The van der Waals surface area contributed by atoms with Gasteiger partial charge in [0.1, 0.15) is 0 Å². The molecule has 2 rings (SSSR count). The zero-order valence-electron chi connectivity index (χ0n) is 10.5. The molecule has 0 radical (unpaired) electrons. The van der Waals surface area contributed by atoms with E-state index in [9.17, 15) is 4.79 Å². The van der Waals surface area contributed by atoms with Crippen LogP contribution in [0.3, 0.4) is 0 Å². The number of H-pyrrole nitrogens is 1. The molecule has 4 heteroatoms. The Kier molecular flexibility index (Phi) is 3.43. The standard InChI is InChI=1S/C14H15ClN2O/c1-4-6-11-10(3)16-17(14(11)18)13-8-5-7-12(15)9(13)2/h4-5,7-8,16H,1,6H2,2-3H3. The van der Waals surface area contributed by atoms with Crippen LogP contribution >= 0.6 is 11.6 Å². The minimum absolute atomic E-state index is 0.0437. The first kappa shape index (κ1) is 12.7. The third-order valence-corrected chi connectivity index (χ3v) is 3.43. The lowest BCUT2D eigenvalue weighted by Gasteiger charge is -2.07. The van der Waals surface area contributed by atoms with Crippen LogP contribution in [0.4, 0.5) is 0 Å². The van der Waals surface area contributed by atoms with Crippen molar-refractivity contribution in [3.05, 3.63) is 63.1 Å². The first-order chi connectivity index (χ1) is 8.56. The maximum Gasteiger partial charge on any atom is 0.274 e. The lowest BCUT2D eigenvalue weighted by atomic mass is 10.2. The van der Waals surface area contributed by atoms with E-state index in [2.05, 4.69) is 11.7 Å². The van der Waals surface area contributed by atoms with E-state index in [0.29, 0.717) is 11.4 Å². The van der Waals surface area contributed by atoms with Gasteiger partial charge >= 0.3 is 0 Å². The fourth-order valence-electron chi connectivity index (χ4n) is 1.97. The molecule has 0 aliphatic heterocycles. The van der Waals surface area contributed by atoms with Gasteiger partial charge in [-0.15, -0.1) is 6.58 Å². The minimum atomic E-state index is -0.0437. The molecule has 0 fully saturated rings. The molecule has 1 aromatic heterocycles. The number of nitrogens with one attached hydrogen (secondary N) is 1. The van der Waals surface area contributed by atoms with Crippen LogP contribution in [0.25, 0.3) is 5.69 Å². The highest BCUT2D eigenvalue weighted by atomic mass is 35.5. The third kappa shape index (κ3) is 2.02. The smallest absolute Gasteiger partial charge is 0.274 e. The number of benzene rings is 1. The minimum Gasteiger partial charge on any atom is -0.295 e. The summed E-state index contributed by atoms with van der Waals surface area (Å²) in [5.41, 5.74) is 3.22. The molecule has 0 aliphatic rings. The van der Waals surface area contributed by atoms with Crippen molar-refractivity contribution < 1.29 is 0 Å². The van der Waals surface area contributed by atoms with Crippen LogP contribution in [-0.2, 0) is 6.42 Å². The Labute approximate surface area is 111 Å². The number of aryl methyl sites for hydroxylation is 1. The average molecular weight is 263 g/mol. The Morgan fingerprint density at radius 3 is 2.83 bits per heavy atom. The molecule has 18 heavy (non-hydrogen) atoms. The fourth-order valence-corrected chi connectivity index (χ4v) is 2.14. The van der Waals surface area contributed by atoms with Crippen molar-refractivity contribution in [3.63, 3.8) is 0 Å². The summed E-state index contributed by atoms with van der Waals surface area (Å²) in [6.07, 6.45) is 2.29. The van der Waals surface area contributed by atoms with Gasteiger partial charge in [-0.05, 0) is 38.0 Å². The fraction of sp³-hybridized carbons (Fsp3) is 0.214. The van der Waals surface area contributed by atoms with E-state index in [1.165, 1.54) is 4.68 Å². The number of hydrogen-bond donors (Lipinski definition) is 1. The van der Waals surface area contributed by atoms with E-state index < -0.39 is 0 Å². The van der Waals surface area contributed by atoms with Crippen LogP contribution in [0.15, 0.2) is 35.6 Å². The van der Waals surface area contributed by atoms with E-state index in [4.69, 9.17) is 11.6 Å². The largest absolute Gasteiger partial charge is 0.295 e. The summed E-state index contributed by atoms with van der Waals surface area (Å²) in [6.45, 7) is 7.45. The van der Waals surface area contributed by atoms with Gasteiger partial charge in [-0.3, -0.25) is 9.89 Å². The van der Waals surface area contributed by atoms with Crippen LogP contribution in [0, 0.1) is 13.8 Å². The van der Waals surface area contributed by atoms with Crippen molar-refractivity contribution in [2.45, 2.75) is 20.3 Å². The van der Waals surface area contributed by atoms with Crippen molar-refractivity contribution in [2.75, 3.05) is 0 Å². The Hall–Kier alpha value is -1.74. The molecule has 0 saturated heterocycles. The summed E-state index contributed by atoms with van der Waals surface area (Å²) in [6, 6.07) is 5.52. The Morgan fingerprint density at radius 1 is 1.44 bits per heavy atom. The number of rotatable bonds is 3. The first-order valence-electron chi connectivity index (χ1n) is 5.73. The SMILES string of the molecule is C=CCc1c(C)[nH]n(-c2cccc(Cl)c2C)c1=O. The Bertz CT molecular complexity index is 652. The maximum absolute atomic E-state index is 12.3. The van der Waals surface area contributed by atoms with Crippen molar-refractivity contribution in [1.29, 1.82) is 0 Å². The lowest BCUT2D eigenvalue weighted by Crippen LogP contribution is -2.18. The number of aromatic amines is 1. The highest BCUT2D eigenvalue weighted by molar-refractivity contribution is 6.31. The molecule has 0 amide bonds. The van der Waals surface area contributed by atoms with Gasteiger partial charge in [0.25, 0.3) is 5.56 Å². The molecule has 0 atom stereocenters. The molecule has 3 nitrogen and oxygen atoms in total. The van der Waals surface area contributed by atoms with Gasteiger partial charge in [0.2, 0.25) is 0 Å². The molecule has 1 heterocycles. The molecule has 1 aromatic carbocycles. The Balaban J connectivity index is 2.65. The van der Waals surface area contributed by atoms with Crippen LogP contribution in [0.5, 0.6) is 0 Å². The molecular weight excluding hydrogens is 248 g/mol. The average Bonchev–Trinajstić information content (AvgIpc) is 2.61. The summed E-state index contributed by atoms with van der Waals surface area (Å²) < 4.78 is 1.54. The van der Waals surface area contributed by atoms with Crippen molar-refractivity contribution in [1.82, 2.24) is 9.78 Å². The van der Waals surface area contributed by atoms with Gasteiger partial charge in [0.15, 0.2) is 0 Å². The number of hydrogen-bond acceptors (Lipinski definition) is 1. The lowest BCUT2D eigenvalue weighted by molar-refractivity contribution is 0.828. The number of halogens is 1. The van der Waals surface area contributed by atoms with Crippen LogP contribution < -0.4 is 5.56 Å². The predicted octanol–water partition coefficient (Wildman–Crippen LogP) is 3.16. The molecule has 0 bridgehead atoms. The van der Waals surface area contributed by atoms with Gasteiger partial charge in [0, 0.05) is 16.3 Å². The predicted molar refractivity (Wildman–Crippen MR) is 74.8 cm³/mol.